The number of ether oxygens (including phenoxy) is 1. The molecule has 0 saturated carbocycles. The van der Waals surface area contributed by atoms with Gasteiger partial charge < -0.3 is 4.74 Å². The van der Waals surface area contributed by atoms with Crippen LogP contribution in [-0.2, 0) is 4.74 Å². The predicted molar refractivity (Wildman–Crippen MR) is 39.0 cm³/mol. The zero-order chi connectivity index (χ0) is 6.95. The number of rotatable bonds is 6. The van der Waals surface area contributed by atoms with E-state index < -0.39 is 0 Å². The predicted octanol–water partition coefficient (Wildman–Crippen LogP) is 2.64. The second-order valence-corrected chi connectivity index (χ2v) is 2.29. The van der Waals surface area contributed by atoms with E-state index >= 15 is 0 Å². The van der Waals surface area contributed by atoms with Crippen molar-refractivity contribution < 1.29 is 4.74 Å². The van der Waals surface area contributed by atoms with Gasteiger partial charge >= 0.3 is 0 Å². The molecule has 2 radical (unpaired) electrons. The van der Waals surface area contributed by atoms with Gasteiger partial charge in [0.25, 0.3) is 0 Å². The lowest BCUT2D eigenvalue weighted by Gasteiger charge is -1.96. The van der Waals surface area contributed by atoms with Crippen molar-refractivity contribution in [3.05, 3.63) is 7.11 Å². The number of hydrogen-bond donors (Lipinski definition) is 0. The molecule has 0 heterocycles. The first-order valence-corrected chi connectivity index (χ1v) is 3.73. The topological polar surface area (TPSA) is 9.23 Å². The Morgan fingerprint density at radius 3 is 2.33 bits per heavy atom. The van der Waals surface area contributed by atoms with Crippen LogP contribution < -0.4 is 0 Å². The zero-order valence-corrected chi connectivity index (χ0v) is 6.23. The third-order valence-corrected chi connectivity index (χ3v) is 1.37. The van der Waals surface area contributed by atoms with Crippen molar-refractivity contribution in [3.63, 3.8) is 0 Å². The fourth-order valence-corrected chi connectivity index (χ4v) is 0.789. The van der Waals surface area contributed by atoms with Gasteiger partial charge in [-0.05, 0) is 6.42 Å². The van der Waals surface area contributed by atoms with Gasteiger partial charge in [-0.25, -0.2) is 0 Å². The first-order valence-electron chi connectivity index (χ1n) is 3.73. The minimum absolute atomic E-state index is 0.712. The van der Waals surface area contributed by atoms with E-state index in [0.29, 0.717) is 6.61 Å². The van der Waals surface area contributed by atoms with E-state index in [-0.39, 0.29) is 0 Å². The lowest BCUT2D eigenvalue weighted by molar-refractivity contribution is 0.233. The minimum Gasteiger partial charge on any atom is -0.373 e. The van der Waals surface area contributed by atoms with Gasteiger partial charge in [0.2, 0.25) is 0 Å². The SMILES string of the molecule is [CH]OCCCCCCC. The van der Waals surface area contributed by atoms with Crippen molar-refractivity contribution in [2.24, 2.45) is 0 Å². The van der Waals surface area contributed by atoms with Gasteiger partial charge in [0.15, 0.2) is 0 Å². The molecule has 0 aliphatic heterocycles. The molecule has 1 nitrogen and oxygen atoms in total. The fraction of sp³-hybridized carbons (Fsp3) is 0.875. The second-order valence-electron chi connectivity index (χ2n) is 2.29. The Hall–Kier alpha value is -0.0400. The van der Waals surface area contributed by atoms with Crippen LogP contribution in [0.4, 0.5) is 0 Å². The molecule has 1 heteroatoms. The monoisotopic (exact) mass is 128 g/mol. The van der Waals surface area contributed by atoms with Crippen molar-refractivity contribution >= 4 is 0 Å². The molecule has 0 atom stereocenters. The van der Waals surface area contributed by atoms with Gasteiger partial charge in [-0.2, -0.15) is 0 Å². The average Bonchev–Trinajstić information content (AvgIpc) is 1.89. The summed E-state index contributed by atoms with van der Waals surface area (Å²) in [5.74, 6) is 0. The van der Waals surface area contributed by atoms with E-state index in [9.17, 15) is 0 Å². The summed E-state index contributed by atoms with van der Waals surface area (Å²) in [5.41, 5.74) is 0. The highest BCUT2D eigenvalue weighted by atomic mass is 16.5. The number of unbranched alkanes of at least 4 members (excludes halogenated alkanes) is 4. The summed E-state index contributed by atoms with van der Waals surface area (Å²) in [6.45, 7) is 2.92. The zero-order valence-electron chi connectivity index (χ0n) is 6.23. The van der Waals surface area contributed by atoms with Crippen LogP contribution in [0.15, 0.2) is 0 Å². The lowest BCUT2D eigenvalue weighted by atomic mass is 10.2. The van der Waals surface area contributed by atoms with Gasteiger partial charge in [0.05, 0.1) is 0 Å². The Morgan fingerprint density at radius 2 is 1.78 bits per heavy atom. The van der Waals surface area contributed by atoms with Gasteiger partial charge in [0, 0.05) is 6.61 Å². The second kappa shape index (κ2) is 7.96. The van der Waals surface area contributed by atoms with Gasteiger partial charge in [0.1, 0.15) is 7.11 Å². The van der Waals surface area contributed by atoms with E-state index in [1.165, 1.54) is 25.7 Å². The van der Waals surface area contributed by atoms with E-state index in [1.54, 1.807) is 0 Å². The highest BCUT2D eigenvalue weighted by Crippen LogP contribution is 2.01. The maximum Gasteiger partial charge on any atom is 0.115 e. The third kappa shape index (κ3) is 7.96. The molecule has 0 aromatic rings. The summed E-state index contributed by atoms with van der Waals surface area (Å²) < 4.78 is 4.42. The van der Waals surface area contributed by atoms with Crippen LogP contribution in [-0.4, -0.2) is 6.61 Å². The molecule has 0 N–H and O–H groups in total. The summed E-state index contributed by atoms with van der Waals surface area (Å²) in [6, 6.07) is 0. The van der Waals surface area contributed by atoms with Crippen molar-refractivity contribution in [1.29, 1.82) is 0 Å². The molecule has 0 rings (SSSR count). The largest absolute Gasteiger partial charge is 0.373 e. The summed E-state index contributed by atoms with van der Waals surface area (Å²) in [5, 5.41) is 0. The summed E-state index contributed by atoms with van der Waals surface area (Å²) in [4.78, 5) is 0. The maximum absolute atomic E-state index is 4.84. The summed E-state index contributed by atoms with van der Waals surface area (Å²) in [6.07, 6.45) is 6.31. The minimum atomic E-state index is 0.712. The first-order chi connectivity index (χ1) is 4.41. The molecular formula is C8H16O. The molecule has 0 aliphatic carbocycles. The van der Waals surface area contributed by atoms with Gasteiger partial charge in [-0.1, -0.05) is 32.6 Å². The van der Waals surface area contributed by atoms with Crippen LogP contribution in [0.25, 0.3) is 0 Å². The van der Waals surface area contributed by atoms with Crippen LogP contribution in [0.2, 0.25) is 0 Å². The van der Waals surface area contributed by atoms with E-state index in [0.717, 1.165) is 6.42 Å². The van der Waals surface area contributed by atoms with Crippen LogP contribution in [0.5, 0.6) is 0 Å². The van der Waals surface area contributed by atoms with Gasteiger partial charge in [-0.15, -0.1) is 0 Å². The van der Waals surface area contributed by atoms with Crippen LogP contribution in [0.3, 0.4) is 0 Å². The highest BCUT2D eigenvalue weighted by Gasteiger charge is 1.86. The van der Waals surface area contributed by atoms with Crippen LogP contribution in [0.1, 0.15) is 39.0 Å². The Kier molecular flexibility index (Phi) is 7.92. The first kappa shape index (κ1) is 8.96. The Bertz CT molecular complexity index is 37.8. The molecule has 0 aliphatic rings. The van der Waals surface area contributed by atoms with Crippen molar-refractivity contribution in [1.82, 2.24) is 0 Å². The quantitative estimate of drug-likeness (QED) is 0.500. The molecule has 54 valence electrons. The Morgan fingerprint density at radius 1 is 1.11 bits per heavy atom. The maximum atomic E-state index is 4.84. The molecule has 9 heavy (non-hydrogen) atoms. The Balaban J connectivity index is 2.60. The van der Waals surface area contributed by atoms with Gasteiger partial charge in [-0.3, -0.25) is 0 Å². The highest BCUT2D eigenvalue weighted by molar-refractivity contribution is 4.40. The van der Waals surface area contributed by atoms with Crippen molar-refractivity contribution in [2.75, 3.05) is 6.61 Å². The molecule has 0 saturated heterocycles. The molecule has 0 spiro atoms. The van der Waals surface area contributed by atoms with E-state index in [1.807, 2.05) is 0 Å². The molecule has 0 aromatic carbocycles. The van der Waals surface area contributed by atoms with E-state index in [2.05, 4.69) is 11.7 Å². The average molecular weight is 128 g/mol. The Labute approximate surface area is 58.4 Å². The van der Waals surface area contributed by atoms with Crippen LogP contribution >= 0.6 is 0 Å². The third-order valence-electron chi connectivity index (χ3n) is 1.37. The molecule has 0 aromatic heterocycles. The standard InChI is InChI=1S/C8H16O/c1-3-4-5-6-7-8-9-2/h2H,3-8H2,1H3. The molecule has 0 amide bonds. The molecule has 0 fully saturated rings. The molecule has 0 unspecified atom stereocenters. The normalized spacial score (nSPS) is 10.0. The lowest BCUT2D eigenvalue weighted by Crippen LogP contribution is -1.85. The van der Waals surface area contributed by atoms with Crippen molar-refractivity contribution in [2.45, 2.75) is 39.0 Å². The fourth-order valence-electron chi connectivity index (χ4n) is 0.789. The molecular weight excluding hydrogens is 112 g/mol. The van der Waals surface area contributed by atoms with Crippen molar-refractivity contribution in [3.8, 4) is 0 Å². The van der Waals surface area contributed by atoms with E-state index in [4.69, 9.17) is 7.11 Å². The number of hydrogen-bond acceptors (Lipinski definition) is 1. The summed E-state index contributed by atoms with van der Waals surface area (Å²) >= 11 is 0. The summed E-state index contributed by atoms with van der Waals surface area (Å²) in [7, 11) is 4.84. The molecule has 0 bridgehead atoms. The van der Waals surface area contributed by atoms with Crippen LogP contribution in [0, 0.1) is 7.11 Å². The smallest absolute Gasteiger partial charge is 0.115 e.